The van der Waals surface area contributed by atoms with Crippen LogP contribution in [-0.4, -0.2) is 17.6 Å². The molecule has 0 aliphatic heterocycles. The van der Waals surface area contributed by atoms with Gasteiger partial charge in [-0.3, -0.25) is 4.79 Å². The summed E-state index contributed by atoms with van der Waals surface area (Å²) in [6.45, 7) is 2.73. The van der Waals surface area contributed by atoms with Gasteiger partial charge in [-0.05, 0) is 43.6 Å². The lowest BCUT2D eigenvalue weighted by Gasteiger charge is -2.38. The highest BCUT2D eigenvalue weighted by Crippen LogP contribution is 2.41. The van der Waals surface area contributed by atoms with Crippen LogP contribution in [0, 0.1) is 11.3 Å². The van der Waals surface area contributed by atoms with E-state index in [0.29, 0.717) is 6.54 Å². The van der Waals surface area contributed by atoms with Crippen molar-refractivity contribution in [2.24, 2.45) is 17.1 Å². The zero-order valence-corrected chi connectivity index (χ0v) is 10.2. The minimum atomic E-state index is -0.703. The van der Waals surface area contributed by atoms with Gasteiger partial charge in [0.15, 0.2) is 0 Å². The number of nitrogens with two attached hydrogens (primary N) is 1. The van der Waals surface area contributed by atoms with Gasteiger partial charge in [0, 0.05) is 0 Å². The van der Waals surface area contributed by atoms with Gasteiger partial charge in [0.1, 0.15) is 0 Å². The smallest absolute Gasteiger partial charge is 0.303 e. The Bertz CT molecular complexity index is 201. The van der Waals surface area contributed by atoms with Gasteiger partial charge in [-0.25, -0.2) is 0 Å². The molecule has 1 rings (SSSR count). The molecule has 0 bridgehead atoms. The Morgan fingerprint density at radius 2 is 2.00 bits per heavy atom. The van der Waals surface area contributed by atoms with Crippen LogP contribution in [0.15, 0.2) is 0 Å². The third-order valence-electron chi connectivity index (χ3n) is 3.70. The van der Waals surface area contributed by atoms with Crippen LogP contribution in [0.1, 0.15) is 45.4 Å². The Morgan fingerprint density at radius 3 is 2.33 bits per heavy atom. The summed E-state index contributed by atoms with van der Waals surface area (Å²) in [7, 11) is 0. The van der Waals surface area contributed by atoms with E-state index in [-0.39, 0.29) is 24.2 Å². The number of carboxylic acid groups (broad SMARTS) is 1. The molecule has 0 atom stereocenters. The second kappa shape index (κ2) is 6.33. The SMILES string of the molecule is CCC1CCC(CN)(CC(=O)O)CC1.Cl. The molecule has 0 aromatic rings. The van der Waals surface area contributed by atoms with Gasteiger partial charge >= 0.3 is 5.97 Å². The molecule has 0 aromatic heterocycles. The molecule has 1 fully saturated rings. The Balaban J connectivity index is 0.00000196. The van der Waals surface area contributed by atoms with E-state index in [9.17, 15) is 4.79 Å². The molecule has 0 amide bonds. The molecule has 4 heteroatoms. The minimum Gasteiger partial charge on any atom is -0.481 e. The van der Waals surface area contributed by atoms with Crippen LogP contribution in [-0.2, 0) is 4.79 Å². The maximum atomic E-state index is 10.7. The lowest BCUT2D eigenvalue weighted by atomic mass is 9.68. The summed E-state index contributed by atoms with van der Waals surface area (Å²) in [6.07, 6.45) is 5.76. The molecular weight excluding hydrogens is 214 g/mol. The molecule has 0 saturated heterocycles. The third kappa shape index (κ3) is 3.99. The zero-order chi connectivity index (χ0) is 10.6. The van der Waals surface area contributed by atoms with Crippen LogP contribution in [0.3, 0.4) is 0 Å². The van der Waals surface area contributed by atoms with Crippen molar-refractivity contribution in [2.45, 2.75) is 45.4 Å². The number of aliphatic carboxylic acids is 1. The number of rotatable bonds is 4. The Kier molecular flexibility index (Phi) is 6.22. The highest BCUT2D eigenvalue weighted by Gasteiger charge is 2.35. The molecule has 3 nitrogen and oxygen atoms in total. The van der Waals surface area contributed by atoms with Crippen LogP contribution in [0.5, 0.6) is 0 Å². The molecule has 90 valence electrons. The van der Waals surface area contributed by atoms with Crippen LogP contribution in [0.4, 0.5) is 0 Å². The van der Waals surface area contributed by atoms with Crippen LogP contribution in [0.25, 0.3) is 0 Å². The van der Waals surface area contributed by atoms with E-state index in [2.05, 4.69) is 6.92 Å². The van der Waals surface area contributed by atoms with E-state index >= 15 is 0 Å². The topological polar surface area (TPSA) is 63.3 Å². The van der Waals surface area contributed by atoms with Crippen molar-refractivity contribution in [1.82, 2.24) is 0 Å². The van der Waals surface area contributed by atoms with Crippen molar-refractivity contribution in [1.29, 1.82) is 0 Å². The lowest BCUT2D eigenvalue weighted by molar-refractivity contribution is -0.140. The number of halogens is 1. The van der Waals surface area contributed by atoms with Gasteiger partial charge in [-0.15, -0.1) is 12.4 Å². The van der Waals surface area contributed by atoms with E-state index in [4.69, 9.17) is 10.8 Å². The van der Waals surface area contributed by atoms with E-state index in [1.165, 1.54) is 6.42 Å². The fourth-order valence-corrected chi connectivity index (χ4v) is 2.47. The predicted molar refractivity (Wildman–Crippen MR) is 63.2 cm³/mol. The monoisotopic (exact) mass is 235 g/mol. The molecule has 15 heavy (non-hydrogen) atoms. The standard InChI is InChI=1S/C11H21NO2.ClH/c1-2-9-3-5-11(8-12,6-4-9)7-10(13)14;/h9H,2-8,12H2,1H3,(H,13,14);1H. The fourth-order valence-electron chi connectivity index (χ4n) is 2.47. The average Bonchev–Trinajstić information content (AvgIpc) is 2.18. The van der Waals surface area contributed by atoms with Crippen molar-refractivity contribution in [3.05, 3.63) is 0 Å². The summed E-state index contributed by atoms with van der Waals surface area (Å²) >= 11 is 0. The van der Waals surface area contributed by atoms with E-state index in [1.807, 2.05) is 0 Å². The molecule has 1 aliphatic carbocycles. The molecule has 0 unspecified atom stereocenters. The number of carbonyl (C=O) groups is 1. The maximum absolute atomic E-state index is 10.7. The van der Waals surface area contributed by atoms with Crippen LogP contribution < -0.4 is 5.73 Å². The Morgan fingerprint density at radius 1 is 1.47 bits per heavy atom. The fraction of sp³-hybridized carbons (Fsp3) is 0.909. The maximum Gasteiger partial charge on any atom is 0.303 e. The van der Waals surface area contributed by atoms with Gasteiger partial charge in [0.25, 0.3) is 0 Å². The van der Waals surface area contributed by atoms with Crippen molar-refractivity contribution in [3.63, 3.8) is 0 Å². The van der Waals surface area contributed by atoms with E-state index in [0.717, 1.165) is 31.6 Å². The van der Waals surface area contributed by atoms with Gasteiger partial charge in [0.2, 0.25) is 0 Å². The van der Waals surface area contributed by atoms with Crippen LogP contribution >= 0.6 is 12.4 Å². The molecule has 0 radical (unpaired) electrons. The molecule has 3 N–H and O–H groups in total. The zero-order valence-electron chi connectivity index (χ0n) is 9.37. The lowest BCUT2D eigenvalue weighted by Crippen LogP contribution is -2.36. The first-order valence-electron chi connectivity index (χ1n) is 5.54. The predicted octanol–water partition coefficient (Wildman–Crippen LogP) is 2.43. The molecule has 0 heterocycles. The van der Waals surface area contributed by atoms with Gasteiger partial charge in [0.05, 0.1) is 6.42 Å². The van der Waals surface area contributed by atoms with E-state index in [1.54, 1.807) is 0 Å². The minimum absolute atomic E-state index is 0. The van der Waals surface area contributed by atoms with Crippen LogP contribution in [0.2, 0.25) is 0 Å². The Hall–Kier alpha value is -0.280. The summed E-state index contributed by atoms with van der Waals surface area (Å²) in [5, 5.41) is 8.83. The first kappa shape index (κ1) is 14.7. The number of carboxylic acids is 1. The summed E-state index contributed by atoms with van der Waals surface area (Å²) < 4.78 is 0. The van der Waals surface area contributed by atoms with Gasteiger partial charge in [-0.1, -0.05) is 13.3 Å². The van der Waals surface area contributed by atoms with Crippen molar-refractivity contribution in [2.75, 3.05) is 6.54 Å². The van der Waals surface area contributed by atoms with E-state index < -0.39 is 5.97 Å². The first-order chi connectivity index (χ1) is 6.62. The Labute approximate surface area is 97.8 Å². The highest BCUT2D eigenvalue weighted by molar-refractivity contribution is 5.85. The second-order valence-electron chi connectivity index (χ2n) is 4.63. The molecule has 1 aliphatic rings. The molecule has 0 spiro atoms. The number of hydrogen-bond donors (Lipinski definition) is 2. The largest absolute Gasteiger partial charge is 0.481 e. The normalized spacial score (nSPS) is 30.7. The van der Waals surface area contributed by atoms with Gasteiger partial charge < -0.3 is 10.8 Å². The summed E-state index contributed by atoms with van der Waals surface area (Å²) in [6, 6.07) is 0. The van der Waals surface area contributed by atoms with Crippen molar-refractivity contribution in [3.8, 4) is 0 Å². The summed E-state index contributed by atoms with van der Waals surface area (Å²) in [5.41, 5.74) is 5.61. The van der Waals surface area contributed by atoms with Crippen molar-refractivity contribution >= 4 is 18.4 Å². The van der Waals surface area contributed by atoms with Gasteiger partial charge in [-0.2, -0.15) is 0 Å². The first-order valence-corrected chi connectivity index (χ1v) is 5.54. The molecule has 1 saturated carbocycles. The summed E-state index contributed by atoms with van der Waals surface area (Å²) in [5.74, 6) is 0.0915. The molecular formula is C11H22ClNO2. The average molecular weight is 236 g/mol. The highest BCUT2D eigenvalue weighted by atomic mass is 35.5. The molecule has 0 aromatic carbocycles. The number of hydrogen-bond acceptors (Lipinski definition) is 2. The second-order valence-corrected chi connectivity index (χ2v) is 4.63. The van der Waals surface area contributed by atoms with Crippen molar-refractivity contribution < 1.29 is 9.90 Å². The third-order valence-corrected chi connectivity index (χ3v) is 3.70. The summed E-state index contributed by atoms with van der Waals surface area (Å²) in [4.78, 5) is 10.7. The quantitative estimate of drug-likeness (QED) is 0.787.